The zero-order valence-corrected chi connectivity index (χ0v) is 24.2. The lowest BCUT2D eigenvalue weighted by Gasteiger charge is -2.10. The number of furan rings is 1. The van der Waals surface area contributed by atoms with E-state index in [1.165, 1.54) is 21.7 Å². The van der Waals surface area contributed by atoms with Crippen molar-refractivity contribution in [3.63, 3.8) is 0 Å². The molecule has 0 aliphatic heterocycles. The molecular weight excluding hydrogens is 550 g/mol. The molecule has 0 fully saturated rings. The van der Waals surface area contributed by atoms with E-state index in [0.717, 1.165) is 49.6 Å². The molecule has 0 N–H and O–H groups in total. The first-order valence-corrected chi connectivity index (χ1v) is 15.0. The summed E-state index contributed by atoms with van der Waals surface area (Å²) in [6, 6.07) is 52.3. The second-order valence-electron chi connectivity index (χ2n) is 11.3. The fourth-order valence-electron chi connectivity index (χ4n) is 6.33. The largest absolute Gasteiger partial charge is 0.456 e. The van der Waals surface area contributed by atoms with Crippen LogP contribution in [0.2, 0.25) is 0 Å². The van der Waals surface area contributed by atoms with Gasteiger partial charge in [-0.05, 0) is 56.9 Å². The van der Waals surface area contributed by atoms with E-state index in [2.05, 4.69) is 109 Å². The van der Waals surface area contributed by atoms with Gasteiger partial charge in [0.1, 0.15) is 11.2 Å². The number of fused-ring (bicyclic) bond motifs is 5. The Hall–Kier alpha value is -6.13. The van der Waals surface area contributed by atoms with Gasteiger partial charge in [0.05, 0.1) is 0 Å². The molecular formula is C41H25N3O. The first-order chi connectivity index (χ1) is 22.3. The Balaban J connectivity index is 1.28. The van der Waals surface area contributed by atoms with Crippen LogP contribution in [0.3, 0.4) is 0 Å². The monoisotopic (exact) mass is 575 g/mol. The van der Waals surface area contributed by atoms with Crippen LogP contribution in [-0.4, -0.2) is 15.0 Å². The number of benzene rings is 7. The highest BCUT2D eigenvalue weighted by Crippen LogP contribution is 2.39. The summed E-state index contributed by atoms with van der Waals surface area (Å²) in [6.45, 7) is 0. The topological polar surface area (TPSA) is 51.8 Å². The number of nitrogens with zero attached hydrogens (tertiary/aromatic N) is 3. The van der Waals surface area contributed by atoms with Crippen LogP contribution < -0.4 is 0 Å². The molecule has 0 unspecified atom stereocenters. The van der Waals surface area contributed by atoms with E-state index in [9.17, 15) is 0 Å². The Kier molecular flexibility index (Phi) is 5.78. The van der Waals surface area contributed by atoms with Gasteiger partial charge in [-0.2, -0.15) is 0 Å². The highest BCUT2D eigenvalue weighted by Gasteiger charge is 2.18. The molecule has 9 aromatic rings. The molecule has 0 amide bonds. The van der Waals surface area contributed by atoms with Crippen LogP contribution in [0.5, 0.6) is 0 Å². The summed E-state index contributed by atoms with van der Waals surface area (Å²) in [6.07, 6.45) is 0. The number of hydrogen-bond acceptors (Lipinski definition) is 4. The summed E-state index contributed by atoms with van der Waals surface area (Å²) < 4.78 is 6.40. The summed E-state index contributed by atoms with van der Waals surface area (Å²) in [5.74, 6) is 1.87. The van der Waals surface area contributed by atoms with E-state index >= 15 is 0 Å². The van der Waals surface area contributed by atoms with Crippen molar-refractivity contribution in [3.05, 3.63) is 152 Å². The molecule has 4 heteroatoms. The van der Waals surface area contributed by atoms with Gasteiger partial charge in [-0.15, -0.1) is 0 Å². The molecule has 0 saturated carbocycles. The lowest BCUT2D eigenvalue weighted by Crippen LogP contribution is -2.00. The fraction of sp³-hybridized carbons (Fsp3) is 0. The lowest BCUT2D eigenvalue weighted by atomic mass is 9.96. The Morgan fingerprint density at radius 2 is 1.02 bits per heavy atom. The lowest BCUT2D eigenvalue weighted by molar-refractivity contribution is 0.669. The molecule has 0 aliphatic carbocycles. The Labute approximate surface area is 259 Å². The highest BCUT2D eigenvalue weighted by molar-refractivity contribution is 6.13. The zero-order valence-electron chi connectivity index (χ0n) is 24.2. The Bertz CT molecular complexity index is 2540. The SMILES string of the molecule is c1ccc(-c2nc(-c3ccc4ccccc4c3)nc(-c3cccc4oc5ccc(-c6cccc7ccccc67)cc5c34)n2)cc1. The van der Waals surface area contributed by atoms with Crippen molar-refractivity contribution in [2.24, 2.45) is 0 Å². The van der Waals surface area contributed by atoms with E-state index in [1.807, 2.05) is 42.5 Å². The Morgan fingerprint density at radius 3 is 1.91 bits per heavy atom. The normalized spacial score (nSPS) is 11.6. The summed E-state index contributed by atoms with van der Waals surface area (Å²) in [7, 11) is 0. The van der Waals surface area contributed by atoms with Crippen molar-refractivity contribution >= 4 is 43.5 Å². The standard InChI is InChI=1S/C41H25N3O/c1-2-12-28(13-3-1)39-42-40(31-21-20-26-10-4-5-14-29(26)24-31)44-41(43-39)34-18-9-19-37-38(34)35-25-30(22-23-36(35)45-37)33-17-8-15-27-11-6-7-16-32(27)33/h1-25H. The molecule has 4 nitrogen and oxygen atoms in total. The van der Waals surface area contributed by atoms with Crippen molar-refractivity contribution in [2.45, 2.75) is 0 Å². The van der Waals surface area contributed by atoms with Crippen LogP contribution in [0.15, 0.2) is 156 Å². The summed E-state index contributed by atoms with van der Waals surface area (Å²) in [5, 5.41) is 6.77. The molecule has 210 valence electrons. The van der Waals surface area contributed by atoms with Gasteiger partial charge in [0, 0.05) is 27.5 Å². The van der Waals surface area contributed by atoms with Crippen LogP contribution in [0.4, 0.5) is 0 Å². The number of aromatic nitrogens is 3. The van der Waals surface area contributed by atoms with Crippen LogP contribution >= 0.6 is 0 Å². The van der Waals surface area contributed by atoms with E-state index in [1.54, 1.807) is 0 Å². The zero-order chi connectivity index (χ0) is 29.7. The third-order valence-electron chi connectivity index (χ3n) is 8.51. The highest BCUT2D eigenvalue weighted by atomic mass is 16.3. The average Bonchev–Trinajstić information content (AvgIpc) is 3.49. The third kappa shape index (κ3) is 4.35. The summed E-state index contributed by atoms with van der Waals surface area (Å²) >= 11 is 0. The maximum atomic E-state index is 6.40. The van der Waals surface area contributed by atoms with Gasteiger partial charge >= 0.3 is 0 Å². The maximum absolute atomic E-state index is 6.40. The molecule has 2 aromatic heterocycles. The van der Waals surface area contributed by atoms with Gasteiger partial charge in [-0.3, -0.25) is 0 Å². The third-order valence-corrected chi connectivity index (χ3v) is 8.51. The molecule has 0 atom stereocenters. The quantitative estimate of drug-likeness (QED) is 0.209. The van der Waals surface area contributed by atoms with Crippen molar-refractivity contribution in [2.75, 3.05) is 0 Å². The van der Waals surface area contributed by atoms with Gasteiger partial charge in [0.2, 0.25) is 0 Å². The van der Waals surface area contributed by atoms with Crippen molar-refractivity contribution in [1.82, 2.24) is 15.0 Å². The first-order valence-electron chi connectivity index (χ1n) is 15.0. The van der Waals surface area contributed by atoms with E-state index < -0.39 is 0 Å². The van der Waals surface area contributed by atoms with Crippen molar-refractivity contribution in [1.29, 1.82) is 0 Å². The number of rotatable bonds is 4. The predicted octanol–water partition coefficient (Wildman–Crippen LogP) is 10.7. The molecule has 0 saturated heterocycles. The predicted molar refractivity (Wildman–Crippen MR) is 184 cm³/mol. The van der Waals surface area contributed by atoms with Crippen LogP contribution in [-0.2, 0) is 0 Å². The second kappa shape index (κ2) is 10.2. The van der Waals surface area contributed by atoms with E-state index in [-0.39, 0.29) is 0 Å². The van der Waals surface area contributed by atoms with Crippen molar-refractivity contribution in [3.8, 4) is 45.3 Å². The van der Waals surface area contributed by atoms with E-state index in [4.69, 9.17) is 19.4 Å². The van der Waals surface area contributed by atoms with E-state index in [0.29, 0.717) is 17.5 Å². The maximum Gasteiger partial charge on any atom is 0.164 e. The summed E-state index contributed by atoms with van der Waals surface area (Å²) in [4.78, 5) is 15.1. The van der Waals surface area contributed by atoms with Crippen molar-refractivity contribution < 1.29 is 4.42 Å². The molecule has 7 aromatic carbocycles. The van der Waals surface area contributed by atoms with Crippen LogP contribution in [0.25, 0.3) is 88.8 Å². The molecule has 0 radical (unpaired) electrons. The molecule has 9 rings (SSSR count). The second-order valence-corrected chi connectivity index (χ2v) is 11.3. The van der Waals surface area contributed by atoms with Gasteiger partial charge in [0.15, 0.2) is 17.5 Å². The smallest absolute Gasteiger partial charge is 0.164 e. The minimum atomic E-state index is 0.607. The molecule has 0 aliphatic rings. The fourth-order valence-corrected chi connectivity index (χ4v) is 6.33. The van der Waals surface area contributed by atoms with Gasteiger partial charge in [-0.1, -0.05) is 127 Å². The minimum absolute atomic E-state index is 0.607. The van der Waals surface area contributed by atoms with Crippen LogP contribution in [0.1, 0.15) is 0 Å². The molecule has 2 heterocycles. The molecule has 0 spiro atoms. The summed E-state index contributed by atoms with van der Waals surface area (Å²) in [5.41, 5.74) is 6.73. The van der Waals surface area contributed by atoms with Gasteiger partial charge in [-0.25, -0.2) is 15.0 Å². The average molecular weight is 576 g/mol. The van der Waals surface area contributed by atoms with Crippen LogP contribution in [0, 0.1) is 0 Å². The Morgan fingerprint density at radius 1 is 0.356 bits per heavy atom. The van der Waals surface area contributed by atoms with Gasteiger partial charge < -0.3 is 4.42 Å². The minimum Gasteiger partial charge on any atom is -0.456 e. The molecule has 0 bridgehead atoms. The van der Waals surface area contributed by atoms with Gasteiger partial charge in [0.25, 0.3) is 0 Å². The first kappa shape index (κ1) is 25.4. The molecule has 45 heavy (non-hydrogen) atoms. The number of hydrogen-bond donors (Lipinski definition) is 0.